The maximum atomic E-state index is 13.1. The number of unbranched alkanes of at least 4 members (excludes halogenated alkanes) is 1. The lowest BCUT2D eigenvalue weighted by Gasteiger charge is -2.46. The van der Waals surface area contributed by atoms with E-state index in [1.54, 1.807) is 42.5 Å². The highest BCUT2D eigenvalue weighted by Crippen LogP contribution is 2.50. The van der Waals surface area contributed by atoms with E-state index in [2.05, 4.69) is 6.07 Å². The van der Waals surface area contributed by atoms with Gasteiger partial charge in [0.15, 0.2) is 0 Å². The summed E-state index contributed by atoms with van der Waals surface area (Å²) in [5.74, 6) is -1.19. The Morgan fingerprint density at radius 1 is 0.949 bits per heavy atom. The number of imide groups is 1. The first kappa shape index (κ1) is 23.4. The van der Waals surface area contributed by atoms with Gasteiger partial charge in [0.1, 0.15) is 23.0 Å². The van der Waals surface area contributed by atoms with Crippen LogP contribution >= 0.6 is 0 Å². The topological polar surface area (TPSA) is 110 Å². The van der Waals surface area contributed by atoms with Crippen molar-refractivity contribution in [2.75, 3.05) is 6.54 Å². The van der Waals surface area contributed by atoms with Crippen LogP contribution in [0.1, 0.15) is 68.3 Å². The summed E-state index contributed by atoms with van der Waals surface area (Å²) in [6.07, 6.45) is 1.29. The predicted octanol–water partition coefficient (Wildman–Crippen LogP) is 4.88. The number of benzene rings is 3. The fourth-order valence-corrected chi connectivity index (χ4v) is 5.93. The molecular weight excluding hydrogens is 496 g/mol. The molecule has 0 spiro atoms. The van der Waals surface area contributed by atoms with Crippen LogP contribution < -0.4 is 10.4 Å². The second-order valence-electron chi connectivity index (χ2n) is 10.1. The van der Waals surface area contributed by atoms with E-state index in [9.17, 15) is 19.6 Å². The van der Waals surface area contributed by atoms with Crippen LogP contribution in [0.3, 0.4) is 0 Å². The molecule has 4 aromatic rings. The van der Waals surface area contributed by atoms with Gasteiger partial charge in [-0.1, -0.05) is 30.3 Å². The standard InChI is InChI=1S/C31H22N2O6/c32-17-18-11-12-20-19(15-18)16-31(13-5-6-14-33-28(34)21-7-1-2-8-22(21)29(33)35)38-26(20)25-27(39-31)23-9-3-4-10-24(23)37-30(25)36/h1-4,7-12,15,26H,5-6,13-14,16H2/t26?,31-/m0/s1. The van der Waals surface area contributed by atoms with E-state index >= 15 is 0 Å². The Bertz CT molecular complexity index is 1770. The van der Waals surface area contributed by atoms with Gasteiger partial charge in [0.05, 0.1) is 28.1 Å². The molecule has 0 N–H and O–H groups in total. The lowest BCUT2D eigenvalue weighted by molar-refractivity contribution is -0.232. The average Bonchev–Trinajstić information content (AvgIpc) is 3.19. The molecule has 0 fully saturated rings. The van der Waals surface area contributed by atoms with Crippen molar-refractivity contribution in [1.29, 1.82) is 5.26 Å². The number of rotatable bonds is 5. The van der Waals surface area contributed by atoms with Crippen LogP contribution in [-0.4, -0.2) is 29.0 Å². The Kier molecular flexibility index (Phi) is 5.19. The van der Waals surface area contributed by atoms with Crippen LogP contribution in [0.15, 0.2) is 75.9 Å². The summed E-state index contributed by atoms with van der Waals surface area (Å²) in [5, 5.41) is 10.2. The molecule has 0 saturated heterocycles. The number of carbonyl (C=O) groups is 2. The zero-order valence-corrected chi connectivity index (χ0v) is 20.8. The summed E-state index contributed by atoms with van der Waals surface area (Å²) in [6.45, 7) is 0.282. The van der Waals surface area contributed by atoms with Crippen LogP contribution in [0.5, 0.6) is 5.75 Å². The Morgan fingerprint density at radius 2 is 1.69 bits per heavy atom. The van der Waals surface area contributed by atoms with E-state index in [4.69, 9.17) is 13.9 Å². The third-order valence-electron chi connectivity index (χ3n) is 7.76. The van der Waals surface area contributed by atoms with Gasteiger partial charge >= 0.3 is 5.63 Å². The molecule has 2 amide bonds. The number of para-hydroxylation sites is 1. The molecule has 39 heavy (non-hydrogen) atoms. The smallest absolute Gasteiger partial charge is 0.346 e. The summed E-state index contributed by atoms with van der Waals surface area (Å²) in [7, 11) is 0. The first-order valence-electron chi connectivity index (χ1n) is 12.9. The molecule has 4 heterocycles. The van der Waals surface area contributed by atoms with E-state index < -0.39 is 17.5 Å². The molecule has 8 heteroatoms. The molecule has 0 aliphatic carbocycles. The third-order valence-corrected chi connectivity index (χ3v) is 7.76. The lowest BCUT2D eigenvalue weighted by atomic mass is 9.84. The number of hydrogen-bond donors (Lipinski definition) is 0. The Hall–Kier alpha value is -4.74. The van der Waals surface area contributed by atoms with Crippen LogP contribution in [0.25, 0.3) is 11.0 Å². The molecule has 0 saturated carbocycles. The maximum absolute atomic E-state index is 13.1. The zero-order chi connectivity index (χ0) is 26.7. The summed E-state index contributed by atoms with van der Waals surface area (Å²) < 4.78 is 18.7. The highest BCUT2D eigenvalue weighted by Gasteiger charge is 2.49. The highest BCUT2D eigenvalue weighted by molar-refractivity contribution is 6.21. The first-order valence-corrected chi connectivity index (χ1v) is 12.9. The SMILES string of the molecule is N#Cc1ccc2c(c1)C[C@]1(CCCCN3C(=O)c4ccccc4C3=O)Oc3c(c(=O)oc4ccccc34)C2O1. The van der Waals surface area contributed by atoms with Crippen molar-refractivity contribution in [3.8, 4) is 11.8 Å². The van der Waals surface area contributed by atoms with Crippen molar-refractivity contribution < 1.29 is 23.5 Å². The van der Waals surface area contributed by atoms with Crippen molar-refractivity contribution in [3.05, 3.63) is 111 Å². The predicted molar refractivity (Wildman–Crippen MR) is 139 cm³/mol. The van der Waals surface area contributed by atoms with Gasteiger partial charge in [-0.15, -0.1) is 0 Å². The maximum Gasteiger partial charge on any atom is 0.346 e. The van der Waals surface area contributed by atoms with Crippen LogP contribution in [0, 0.1) is 11.3 Å². The molecular formula is C31H22N2O6. The van der Waals surface area contributed by atoms with E-state index in [1.807, 2.05) is 24.3 Å². The second-order valence-corrected chi connectivity index (χ2v) is 10.1. The Balaban J connectivity index is 1.20. The van der Waals surface area contributed by atoms with Crippen molar-refractivity contribution in [2.24, 2.45) is 0 Å². The average molecular weight is 519 g/mol. The first-order chi connectivity index (χ1) is 19.0. The number of fused-ring (bicyclic) bond motifs is 9. The van der Waals surface area contributed by atoms with Gasteiger partial charge in [-0.3, -0.25) is 14.5 Å². The molecule has 1 unspecified atom stereocenters. The fourth-order valence-electron chi connectivity index (χ4n) is 5.93. The molecule has 3 aromatic carbocycles. The molecule has 3 aliphatic heterocycles. The number of nitriles is 1. The van der Waals surface area contributed by atoms with Crippen molar-refractivity contribution in [2.45, 2.75) is 37.6 Å². The molecule has 8 nitrogen and oxygen atoms in total. The summed E-state index contributed by atoms with van der Waals surface area (Å²) in [4.78, 5) is 39.9. The van der Waals surface area contributed by atoms with E-state index in [0.29, 0.717) is 64.7 Å². The van der Waals surface area contributed by atoms with Gasteiger partial charge in [0.2, 0.25) is 5.79 Å². The molecule has 3 aliphatic rings. The third kappa shape index (κ3) is 3.58. The second kappa shape index (κ2) is 8.65. The number of amides is 2. The number of carbonyl (C=O) groups excluding carboxylic acids is 2. The number of ether oxygens (including phenoxy) is 2. The van der Waals surface area contributed by atoms with Gasteiger partial charge in [0, 0.05) is 19.4 Å². The van der Waals surface area contributed by atoms with Crippen molar-refractivity contribution in [3.63, 3.8) is 0 Å². The van der Waals surface area contributed by atoms with E-state index in [1.165, 1.54) is 4.90 Å². The molecule has 192 valence electrons. The Morgan fingerprint density at radius 3 is 2.46 bits per heavy atom. The van der Waals surface area contributed by atoms with E-state index in [-0.39, 0.29) is 18.4 Å². The summed E-state index contributed by atoms with van der Waals surface area (Å²) in [5.41, 5.74) is 3.28. The summed E-state index contributed by atoms with van der Waals surface area (Å²) in [6, 6.07) is 21.6. The largest absolute Gasteiger partial charge is 0.461 e. The highest BCUT2D eigenvalue weighted by atomic mass is 16.7. The normalized spacial score (nSPS) is 20.7. The van der Waals surface area contributed by atoms with Crippen LogP contribution in [-0.2, 0) is 11.2 Å². The molecule has 2 bridgehead atoms. The minimum Gasteiger partial charge on any atom is -0.461 e. The van der Waals surface area contributed by atoms with Crippen molar-refractivity contribution >= 4 is 22.8 Å². The van der Waals surface area contributed by atoms with Crippen LogP contribution in [0.2, 0.25) is 0 Å². The van der Waals surface area contributed by atoms with Crippen LogP contribution in [0.4, 0.5) is 0 Å². The van der Waals surface area contributed by atoms with Crippen molar-refractivity contribution in [1.82, 2.24) is 4.90 Å². The molecule has 1 aromatic heterocycles. The number of nitrogens with zero attached hydrogens (tertiary/aromatic N) is 2. The lowest BCUT2D eigenvalue weighted by Crippen LogP contribution is -2.50. The number of hydrogen-bond acceptors (Lipinski definition) is 7. The van der Waals surface area contributed by atoms with Gasteiger partial charge in [0.25, 0.3) is 11.8 Å². The zero-order valence-electron chi connectivity index (χ0n) is 20.8. The quantitative estimate of drug-likeness (QED) is 0.210. The monoisotopic (exact) mass is 518 g/mol. The van der Waals surface area contributed by atoms with Gasteiger partial charge in [-0.05, 0) is 60.4 Å². The fraction of sp³-hybridized carbons (Fsp3) is 0.226. The molecule has 7 rings (SSSR count). The van der Waals surface area contributed by atoms with Gasteiger partial charge in [-0.2, -0.15) is 5.26 Å². The van der Waals surface area contributed by atoms with Gasteiger partial charge < -0.3 is 13.9 Å². The molecule has 0 radical (unpaired) electrons. The summed E-state index contributed by atoms with van der Waals surface area (Å²) >= 11 is 0. The van der Waals surface area contributed by atoms with Gasteiger partial charge in [-0.25, -0.2) is 4.79 Å². The molecule has 2 atom stereocenters. The Labute approximate surface area is 223 Å². The minimum absolute atomic E-state index is 0.276. The van der Waals surface area contributed by atoms with E-state index in [0.717, 1.165) is 11.1 Å². The minimum atomic E-state index is -1.09.